The maximum absolute atomic E-state index is 11.8. The number of aromatic carboxylic acids is 1. The number of hydrogen-bond acceptors (Lipinski definition) is 4. The van der Waals surface area contributed by atoms with Gasteiger partial charge in [-0.3, -0.25) is 0 Å². The third kappa shape index (κ3) is 4.29. The normalized spacial score (nSPS) is 11.7. The molecule has 2 rings (SSSR count). The summed E-state index contributed by atoms with van der Waals surface area (Å²) >= 11 is 1.51. The first-order chi connectivity index (χ1) is 10.5. The number of carboxylic acid groups (broad SMARTS) is 1. The molecule has 1 heterocycles. The fraction of sp³-hybridized carbons (Fsp3) is 0.267. The van der Waals surface area contributed by atoms with Gasteiger partial charge in [0.05, 0.1) is 11.6 Å². The standard InChI is InChI=1S/C15H17N3O3S/c1-9-8-22-13(17-9)10(2)18-15(21)16-7-11-3-5-12(6-4-11)14(19)20/h3-6,8,10H,7H2,1-2H3,(H,19,20)(H2,16,18,21). The number of aromatic nitrogens is 1. The molecule has 0 aliphatic rings. The minimum atomic E-state index is -0.968. The van der Waals surface area contributed by atoms with Crippen LogP contribution in [0.4, 0.5) is 4.79 Å². The third-order valence-corrected chi connectivity index (χ3v) is 4.15. The van der Waals surface area contributed by atoms with E-state index in [0.29, 0.717) is 6.54 Å². The van der Waals surface area contributed by atoms with Gasteiger partial charge in [-0.1, -0.05) is 12.1 Å². The Hall–Kier alpha value is -2.41. The maximum Gasteiger partial charge on any atom is 0.335 e. The number of aryl methyl sites for hydroxylation is 1. The number of amides is 2. The van der Waals surface area contributed by atoms with E-state index in [2.05, 4.69) is 15.6 Å². The molecule has 1 unspecified atom stereocenters. The summed E-state index contributed by atoms with van der Waals surface area (Å²) in [7, 11) is 0. The maximum atomic E-state index is 11.8. The van der Waals surface area contributed by atoms with E-state index in [-0.39, 0.29) is 17.6 Å². The molecule has 0 spiro atoms. The van der Waals surface area contributed by atoms with Crippen molar-refractivity contribution < 1.29 is 14.7 Å². The lowest BCUT2D eigenvalue weighted by Gasteiger charge is -2.12. The van der Waals surface area contributed by atoms with E-state index >= 15 is 0 Å². The summed E-state index contributed by atoms with van der Waals surface area (Å²) < 4.78 is 0. The highest BCUT2D eigenvalue weighted by Gasteiger charge is 2.12. The topological polar surface area (TPSA) is 91.3 Å². The third-order valence-electron chi connectivity index (χ3n) is 3.01. The summed E-state index contributed by atoms with van der Waals surface area (Å²) in [5, 5.41) is 17.2. The average Bonchev–Trinajstić information content (AvgIpc) is 2.92. The van der Waals surface area contributed by atoms with Crippen molar-refractivity contribution in [1.82, 2.24) is 15.6 Å². The van der Waals surface area contributed by atoms with Crippen LogP contribution < -0.4 is 10.6 Å². The van der Waals surface area contributed by atoms with Crippen LogP contribution in [-0.2, 0) is 6.54 Å². The van der Waals surface area contributed by atoms with Crippen LogP contribution in [0.3, 0.4) is 0 Å². The van der Waals surface area contributed by atoms with Crippen LogP contribution in [0.25, 0.3) is 0 Å². The second-order valence-corrected chi connectivity index (χ2v) is 5.77. The van der Waals surface area contributed by atoms with Crippen LogP contribution in [0, 0.1) is 6.92 Å². The lowest BCUT2D eigenvalue weighted by atomic mass is 10.1. The monoisotopic (exact) mass is 319 g/mol. The van der Waals surface area contributed by atoms with E-state index in [4.69, 9.17) is 5.11 Å². The minimum absolute atomic E-state index is 0.159. The molecule has 2 aromatic rings. The van der Waals surface area contributed by atoms with Crippen molar-refractivity contribution in [2.24, 2.45) is 0 Å². The molecule has 0 saturated carbocycles. The van der Waals surface area contributed by atoms with E-state index in [9.17, 15) is 9.59 Å². The number of carboxylic acids is 1. The molecular formula is C15H17N3O3S. The number of urea groups is 1. The molecule has 6 nitrogen and oxygen atoms in total. The van der Waals surface area contributed by atoms with Gasteiger partial charge in [0.2, 0.25) is 0 Å². The number of benzene rings is 1. The summed E-state index contributed by atoms with van der Waals surface area (Å²) in [6.45, 7) is 4.11. The molecule has 116 valence electrons. The van der Waals surface area contributed by atoms with Crippen molar-refractivity contribution in [3.63, 3.8) is 0 Å². The van der Waals surface area contributed by atoms with Gasteiger partial charge in [0.15, 0.2) is 0 Å². The van der Waals surface area contributed by atoms with Crippen LogP contribution in [0.2, 0.25) is 0 Å². The van der Waals surface area contributed by atoms with E-state index in [0.717, 1.165) is 16.3 Å². The molecule has 0 bridgehead atoms. The van der Waals surface area contributed by atoms with Gasteiger partial charge in [0.1, 0.15) is 5.01 Å². The zero-order chi connectivity index (χ0) is 16.1. The van der Waals surface area contributed by atoms with Gasteiger partial charge in [-0.15, -0.1) is 11.3 Å². The van der Waals surface area contributed by atoms with Gasteiger partial charge in [-0.25, -0.2) is 14.6 Å². The highest BCUT2D eigenvalue weighted by Crippen LogP contribution is 2.17. The van der Waals surface area contributed by atoms with Crippen molar-refractivity contribution in [3.05, 3.63) is 51.5 Å². The largest absolute Gasteiger partial charge is 0.478 e. The molecule has 0 fully saturated rings. The van der Waals surface area contributed by atoms with Gasteiger partial charge in [0.25, 0.3) is 0 Å². The molecule has 1 aromatic heterocycles. The predicted molar refractivity (Wildman–Crippen MR) is 84.0 cm³/mol. The number of carbonyl (C=O) groups excluding carboxylic acids is 1. The van der Waals surface area contributed by atoms with E-state index in [1.807, 2.05) is 19.2 Å². The summed E-state index contributed by atoms with van der Waals surface area (Å²) in [5.74, 6) is -0.968. The predicted octanol–water partition coefficient (Wildman–Crippen LogP) is 2.71. The number of hydrogen-bond donors (Lipinski definition) is 3. The zero-order valence-electron chi connectivity index (χ0n) is 12.3. The Morgan fingerprint density at radius 1 is 1.32 bits per heavy atom. The number of carbonyl (C=O) groups is 2. The lowest BCUT2D eigenvalue weighted by molar-refractivity contribution is 0.0697. The van der Waals surface area contributed by atoms with Gasteiger partial charge in [-0.05, 0) is 31.5 Å². The Kier molecular flexibility index (Phi) is 5.11. The summed E-state index contributed by atoms with van der Waals surface area (Å²) in [6.07, 6.45) is 0. The number of nitrogens with one attached hydrogen (secondary N) is 2. The average molecular weight is 319 g/mol. The molecule has 1 atom stereocenters. The van der Waals surface area contributed by atoms with Crippen LogP contribution in [-0.4, -0.2) is 22.1 Å². The fourth-order valence-corrected chi connectivity index (χ4v) is 2.63. The molecule has 0 aliphatic heterocycles. The summed E-state index contributed by atoms with van der Waals surface area (Å²) in [5.41, 5.74) is 1.99. The first-order valence-corrected chi connectivity index (χ1v) is 7.62. The second-order valence-electron chi connectivity index (χ2n) is 4.88. The Balaban J connectivity index is 1.83. The van der Waals surface area contributed by atoms with Crippen molar-refractivity contribution in [1.29, 1.82) is 0 Å². The van der Waals surface area contributed by atoms with Crippen LogP contribution in [0.1, 0.15) is 39.6 Å². The first-order valence-electron chi connectivity index (χ1n) is 6.74. The number of nitrogens with zero attached hydrogens (tertiary/aromatic N) is 1. The van der Waals surface area contributed by atoms with Crippen molar-refractivity contribution in [2.45, 2.75) is 26.4 Å². The van der Waals surface area contributed by atoms with Crippen LogP contribution in [0.15, 0.2) is 29.6 Å². The van der Waals surface area contributed by atoms with Crippen molar-refractivity contribution >= 4 is 23.3 Å². The summed E-state index contributed by atoms with van der Waals surface area (Å²) in [6, 6.07) is 5.93. The van der Waals surface area contributed by atoms with E-state index in [1.165, 1.54) is 23.5 Å². The zero-order valence-corrected chi connectivity index (χ0v) is 13.1. The van der Waals surface area contributed by atoms with Crippen molar-refractivity contribution in [2.75, 3.05) is 0 Å². The van der Waals surface area contributed by atoms with E-state index < -0.39 is 5.97 Å². The smallest absolute Gasteiger partial charge is 0.335 e. The van der Waals surface area contributed by atoms with Crippen LogP contribution >= 0.6 is 11.3 Å². The second kappa shape index (κ2) is 7.04. The quantitative estimate of drug-likeness (QED) is 0.790. The Bertz CT molecular complexity index is 667. The Morgan fingerprint density at radius 3 is 2.55 bits per heavy atom. The van der Waals surface area contributed by atoms with E-state index in [1.54, 1.807) is 12.1 Å². The molecule has 0 aliphatic carbocycles. The number of thiazole rings is 1. The minimum Gasteiger partial charge on any atom is -0.478 e. The van der Waals surface area contributed by atoms with Gasteiger partial charge < -0.3 is 15.7 Å². The Labute approximate surface area is 132 Å². The molecule has 3 N–H and O–H groups in total. The van der Waals surface area contributed by atoms with Crippen LogP contribution in [0.5, 0.6) is 0 Å². The van der Waals surface area contributed by atoms with Crippen molar-refractivity contribution in [3.8, 4) is 0 Å². The molecule has 1 aromatic carbocycles. The molecule has 7 heteroatoms. The van der Waals surface area contributed by atoms with Gasteiger partial charge in [-0.2, -0.15) is 0 Å². The summed E-state index contributed by atoms with van der Waals surface area (Å²) in [4.78, 5) is 26.9. The lowest BCUT2D eigenvalue weighted by Crippen LogP contribution is -2.36. The molecule has 2 amide bonds. The Morgan fingerprint density at radius 2 is 2.00 bits per heavy atom. The van der Waals surface area contributed by atoms with Gasteiger partial charge >= 0.3 is 12.0 Å². The molecule has 0 radical (unpaired) electrons. The highest BCUT2D eigenvalue weighted by atomic mass is 32.1. The molecular weight excluding hydrogens is 302 g/mol. The molecule has 22 heavy (non-hydrogen) atoms. The SMILES string of the molecule is Cc1csc(C(C)NC(=O)NCc2ccc(C(=O)O)cc2)n1. The number of rotatable bonds is 5. The van der Waals surface area contributed by atoms with Gasteiger partial charge in [0, 0.05) is 17.6 Å². The highest BCUT2D eigenvalue weighted by molar-refractivity contribution is 7.09. The molecule has 0 saturated heterocycles. The first kappa shape index (κ1) is 16.0. The fourth-order valence-electron chi connectivity index (χ4n) is 1.83.